The largest absolute Gasteiger partial charge is 0.488 e. The molecular formula is C19H32IN3O2. The van der Waals surface area contributed by atoms with E-state index in [1.165, 1.54) is 12.0 Å². The minimum Gasteiger partial charge on any atom is -0.488 e. The molecule has 1 aromatic carbocycles. The molecule has 142 valence electrons. The molecule has 0 aromatic heterocycles. The number of hydrogen-bond acceptors (Lipinski definition) is 3. The van der Waals surface area contributed by atoms with E-state index in [1.807, 2.05) is 0 Å². The number of rotatable bonds is 8. The second-order valence-corrected chi connectivity index (χ2v) is 6.19. The second-order valence-electron chi connectivity index (χ2n) is 6.19. The zero-order valence-corrected chi connectivity index (χ0v) is 18.0. The number of nitrogens with one attached hydrogen (secondary N) is 2. The highest BCUT2D eigenvalue weighted by Gasteiger charge is 2.18. The number of benzene rings is 1. The van der Waals surface area contributed by atoms with Crippen LogP contribution >= 0.6 is 24.0 Å². The molecule has 1 fully saturated rings. The van der Waals surface area contributed by atoms with Crippen LogP contribution in [-0.4, -0.2) is 38.4 Å². The Bertz CT molecular complexity index is 531. The predicted molar refractivity (Wildman–Crippen MR) is 114 cm³/mol. The Balaban J connectivity index is 0.00000312. The molecule has 1 heterocycles. The number of hydrogen-bond donors (Lipinski definition) is 2. The van der Waals surface area contributed by atoms with Gasteiger partial charge in [-0.1, -0.05) is 25.5 Å². The molecule has 0 radical (unpaired) electrons. The van der Waals surface area contributed by atoms with Gasteiger partial charge < -0.3 is 20.1 Å². The lowest BCUT2D eigenvalue weighted by atomic mass is 10.1. The molecule has 0 bridgehead atoms. The van der Waals surface area contributed by atoms with Crippen LogP contribution in [0.15, 0.2) is 23.2 Å². The fraction of sp³-hybridized carbons (Fsp3) is 0.632. The van der Waals surface area contributed by atoms with E-state index in [1.54, 1.807) is 0 Å². The Hall–Kier alpha value is -1.02. The summed E-state index contributed by atoms with van der Waals surface area (Å²) in [6.45, 7) is 10.2. The highest BCUT2D eigenvalue weighted by Crippen LogP contribution is 2.24. The molecule has 2 N–H and O–H groups in total. The lowest BCUT2D eigenvalue weighted by Gasteiger charge is -2.16. The van der Waals surface area contributed by atoms with Gasteiger partial charge >= 0.3 is 0 Å². The van der Waals surface area contributed by atoms with E-state index in [0.29, 0.717) is 13.2 Å². The normalized spacial score (nSPS) is 17.1. The van der Waals surface area contributed by atoms with Crippen LogP contribution in [0.2, 0.25) is 0 Å². The summed E-state index contributed by atoms with van der Waals surface area (Å²) < 4.78 is 11.6. The Labute approximate surface area is 169 Å². The fourth-order valence-electron chi connectivity index (χ4n) is 2.58. The number of guanidine groups is 1. The van der Waals surface area contributed by atoms with Gasteiger partial charge in [0.2, 0.25) is 0 Å². The van der Waals surface area contributed by atoms with Crippen LogP contribution in [0.1, 0.15) is 44.2 Å². The molecule has 1 unspecified atom stereocenters. The summed E-state index contributed by atoms with van der Waals surface area (Å²) >= 11 is 0. The van der Waals surface area contributed by atoms with Crippen LogP contribution in [0, 0.1) is 6.92 Å². The van der Waals surface area contributed by atoms with Gasteiger partial charge in [-0.25, -0.2) is 4.99 Å². The molecule has 25 heavy (non-hydrogen) atoms. The summed E-state index contributed by atoms with van der Waals surface area (Å²) in [5.74, 6) is 1.79. The average molecular weight is 461 g/mol. The van der Waals surface area contributed by atoms with Crippen LogP contribution in [0.5, 0.6) is 5.75 Å². The van der Waals surface area contributed by atoms with Crippen molar-refractivity contribution in [3.05, 3.63) is 29.3 Å². The molecular weight excluding hydrogens is 429 g/mol. The second kappa shape index (κ2) is 12.4. The first-order valence-corrected chi connectivity index (χ1v) is 9.09. The van der Waals surface area contributed by atoms with Crippen molar-refractivity contribution in [2.75, 3.05) is 26.3 Å². The smallest absolute Gasteiger partial charge is 0.191 e. The van der Waals surface area contributed by atoms with Crippen molar-refractivity contribution >= 4 is 29.9 Å². The molecule has 1 atom stereocenters. The molecule has 6 heteroatoms. The van der Waals surface area contributed by atoms with Crippen molar-refractivity contribution in [1.29, 1.82) is 0 Å². The van der Waals surface area contributed by atoms with Gasteiger partial charge in [0.05, 0.1) is 19.8 Å². The van der Waals surface area contributed by atoms with Gasteiger partial charge in [0.15, 0.2) is 5.96 Å². The van der Waals surface area contributed by atoms with Crippen molar-refractivity contribution < 1.29 is 9.47 Å². The van der Waals surface area contributed by atoms with Crippen molar-refractivity contribution in [2.24, 2.45) is 4.99 Å². The molecule has 2 rings (SSSR count). The van der Waals surface area contributed by atoms with Gasteiger partial charge in [0.25, 0.3) is 0 Å². The Morgan fingerprint density at radius 2 is 2.16 bits per heavy atom. The van der Waals surface area contributed by atoms with Crippen molar-refractivity contribution in [3.63, 3.8) is 0 Å². The van der Waals surface area contributed by atoms with E-state index in [-0.39, 0.29) is 30.1 Å². The highest BCUT2D eigenvalue weighted by molar-refractivity contribution is 14.0. The van der Waals surface area contributed by atoms with E-state index >= 15 is 0 Å². The minimum atomic E-state index is 0. The fourth-order valence-corrected chi connectivity index (χ4v) is 2.58. The Morgan fingerprint density at radius 3 is 2.84 bits per heavy atom. The lowest BCUT2D eigenvalue weighted by molar-refractivity contribution is 0.140. The molecule has 1 aromatic rings. The van der Waals surface area contributed by atoms with Crippen molar-refractivity contribution in [1.82, 2.24) is 10.6 Å². The maximum Gasteiger partial charge on any atom is 0.191 e. The van der Waals surface area contributed by atoms with E-state index < -0.39 is 0 Å². The topological polar surface area (TPSA) is 54.9 Å². The third kappa shape index (κ3) is 7.81. The number of aliphatic imine (C=N–C) groups is 1. The number of nitrogens with zero attached hydrogens (tertiary/aromatic N) is 1. The van der Waals surface area contributed by atoms with Crippen molar-refractivity contribution in [2.45, 2.75) is 52.7 Å². The van der Waals surface area contributed by atoms with E-state index in [2.05, 4.69) is 49.6 Å². The van der Waals surface area contributed by atoms with Crippen LogP contribution < -0.4 is 15.4 Å². The van der Waals surface area contributed by atoms with Crippen LogP contribution in [-0.2, 0) is 11.3 Å². The van der Waals surface area contributed by atoms with Gasteiger partial charge in [0, 0.05) is 25.1 Å². The monoisotopic (exact) mass is 461 g/mol. The van der Waals surface area contributed by atoms with Gasteiger partial charge in [-0.05, 0) is 31.9 Å². The first kappa shape index (κ1) is 22.0. The first-order chi connectivity index (χ1) is 11.7. The lowest BCUT2D eigenvalue weighted by Crippen LogP contribution is -2.37. The summed E-state index contributed by atoms with van der Waals surface area (Å²) in [7, 11) is 0. The molecule has 0 amide bonds. The minimum absolute atomic E-state index is 0. The van der Waals surface area contributed by atoms with E-state index in [4.69, 9.17) is 14.5 Å². The van der Waals surface area contributed by atoms with Gasteiger partial charge in [-0.3, -0.25) is 0 Å². The number of unbranched alkanes of at least 4 members (excludes halogenated alkanes) is 1. The zero-order chi connectivity index (χ0) is 17.2. The van der Waals surface area contributed by atoms with Crippen LogP contribution in [0.4, 0.5) is 0 Å². The molecule has 0 saturated carbocycles. The number of aryl methyl sites for hydroxylation is 1. The predicted octanol–water partition coefficient (Wildman–Crippen LogP) is 3.64. The van der Waals surface area contributed by atoms with Gasteiger partial charge in [0.1, 0.15) is 11.9 Å². The van der Waals surface area contributed by atoms with Crippen LogP contribution in [0.3, 0.4) is 0 Å². The SMILES string of the molecule is CCCCNC(=NCc1ccc(C)cc1OC1CCOC1)NCC.I. The van der Waals surface area contributed by atoms with Gasteiger partial charge in [-0.15, -0.1) is 24.0 Å². The molecule has 0 aliphatic carbocycles. The molecule has 1 aliphatic rings. The molecule has 5 nitrogen and oxygen atoms in total. The molecule has 0 spiro atoms. The number of ether oxygens (including phenoxy) is 2. The quantitative estimate of drug-likeness (QED) is 0.269. The van der Waals surface area contributed by atoms with Gasteiger partial charge in [-0.2, -0.15) is 0 Å². The summed E-state index contributed by atoms with van der Waals surface area (Å²) in [6.07, 6.45) is 3.43. The summed E-state index contributed by atoms with van der Waals surface area (Å²) in [5, 5.41) is 6.67. The highest BCUT2D eigenvalue weighted by atomic mass is 127. The number of halogens is 1. The molecule has 1 aliphatic heterocycles. The third-order valence-electron chi connectivity index (χ3n) is 3.98. The Kier molecular flexibility index (Phi) is 10.9. The maximum atomic E-state index is 6.14. The van der Waals surface area contributed by atoms with Crippen molar-refractivity contribution in [3.8, 4) is 5.75 Å². The summed E-state index contributed by atoms with van der Waals surface area (Å²) in [5.41, 5.74) is 2.31. The summed E-state index contributed by atoms with van der Waals surface area (Å²) in [6, 6.07) is 6.32. The maximum absolute atomic E-state index is 6.14. The first-order valence-electron chi connectivity index (χ1n) is 9.09. The zero-order valence-electron chi connectivity index (χ0n) is 15.6. The average Bonchev–Trinajstić information content (AvgIpc) is 3.07. The third-order valence-corrected chi connectivity index (χ3v) is 3.98. The standard InChI is InChI=1S/C19H31N3O2.HI/c1-4-6-10-21-19(20-5-2)22-13-16-8-7-15(3)12-18(16)24-17-9-11-23-14-17;/h7-8,12,17H,4-6,9-11,13-14H2,1-3H3,(H2,20,21,22);1H. The summed E-state index contributed by atoms with van der Waals surface area (Å²) in [4.78, 5) is 4.70. The van der Waals surface area contributed by atoms with E-state index in [9.17, 15) is 0 Å². The van der Waals surface area contributed by atoms with E-state index in [0.717, 1.165) is 49.8 Å². The van der Waals surface area contributed by atoms with Crippen LogP contribution in [0.25, 0.3) is 0 Å². The Morgan fingerprint density at radius 1 is 1.32 bits per heavy atom. The molecule has 1 saturated heterocycles.